The minimum atomic E-state index is -3.71. The summed E-state index contributed by atoms with van der Waals surface area (Å²) in [4.78, 5) is 3.75. The minimum absolute atomic E-state index is 0.263. The van der Waals surface area contributed by atoms with Gasteiger partial charge in [-0.2, -0.15) is 0 Å². The normalized spacial score (nSPS) is 16.7. The van der Waals surface area contributed by atoms with E-state index in [9.17, 15) is 8.42 Å². The van der Waals surface area contributed by atoms with Gasteiger partial charge in [0.25, 0.3) is 10.0 Å². The van der Waals surface area contributed by atoms with E-state index in [0.29, 0.717) is 28.0 Å². The Balaban J connectivity index is 1.63. The number of nitrogens with one attached hydrogen (secondary N) is 1. The van der Waals surface area contributed by atoms with Crippen molar-refractivity contribution < 1.29 is 13.2 Å². The van der Waals surface area contributed by atoms with Crippen LogP contribution in [0.2, 0.25) is 5.02 Å². The standard InChI is InChI=1S/C20H19ClN2O3S/c21-13-5-8-20-19(11-13)23(9-10-26-20)27(24,25)14-6-7-18-16(12-14)15-3-1-2-4-17(15)22-18/h5-8,11-12,22H,1-4,9-10H2. The smallest absolute Gasteiger partial charge is 0.264 e. The van der Waals surface area contributed by atoms with Gasteiger partial charge in [0.05, 0.1) is 17.1 Å². The second kappa shape index (κ2) is 6.17. The van der Waals surface area contributed by atoms with E-state index in [1.807, 2.05) is 12.1 Å². The van der Waals surface area contributed by atoms with Crippen molar-refractivity contribution in [1.29, 1.82) is 0 Å². The number of anilines is 1. The van der Waals surface area contributed by atoms with Gasteiger partial charge >= 0.3 is 0 Å². The van der Waals surface area contributed by atoms with E-state index < -0.39 is 10.0 Å². The largest absolute Gasteiger partial charge is 0.489 e. The van der Waals surface area contributed by atoms with Crippen LogP contribution < -0.4 is 9.04 Å². The number of fused-ring (bicyclic) bond motifs is 4. The Morgan fingerprint density at radius 1 is 1.07 bits per heavy atom. The molecule has 0 bridgehead atoms. The highest BCUT2D eigenvalue weighted by Gasteiger charge is 2.31. The number of halogens is 1. The van der Waals surface area contributed by atoms with E-state index in [4.69, 9.17) is 16.3 Å². The summed E-state index contributed by atoms with van der Waals surface area (Å²) in [6.45, 7) is 0.578. The maximum atomic E-state index is 13.4. The average molecular weight is 403 g/mol. The van der Waals surface area contributed by atoms with Gasteiger partial charge in [0.1, 0.15) is 12.4 Å². The van der Waals surface area contributed by atoms with Crippen molar-refractivity contribution in [3.63, 3.8) is 0 Å². The molecule has 0 saturated carbocycles. The Kier molecular flexibility index (Phi) is 3.88. The molecular weight excluding hydrogens is 384 g/mol. The number of rotatable bonds is 2. The second-order valence-corrected chi connectivity index (χ2v) is 9.33. The van der Waals surface area contributed by atoms with E-state index in [2.05, 4.69) is 4.98 Å². The predicted octanol–water partition coefficient (Wildman–Crippen LogP) is 4.29. The summed E-state index contributed by atoms with van der Waals surface area (Å²) in [6.07, 6.45) is 4.35. The molecule has 2 aromatic carbocycles. The molecule has 1 N–H and O–H groups in total. The van der Waals surface area contributed by atoms with Crippen LogP contribution in [0.5, 0.6) is 5.75 Å². The molecule has 2 aliphatic rings. The molecule has 140 valence electrons. The van der Waals surface area contributed by atoms with Crippen LogP contribution in [-0.4, -0.2) is 26.6 Å². The molecule has 0 saturated heterocycles. The highest BCUT2D eigenvalue weighted by Crippen LogP contribution is 2.38. The molecule has 7 heteroatoms. The molecule has 2 heterocycles. The van der Waals surface area contributed by atoms with E-state index in [1.165, 1.54) is 22.0 Å². The van der Waals surface area contributed by atoms with Crippen molar-refractivity contribution >= 4 is 38.2 Å². The number of ether oxygens (including phenoxy) is 1. The van der Waals surface area contributed by atoms with Crippen LogP contribution >= 0.6 is 11.6 Å². The number of aryl methyl sites for hydroxylation is 2. The second-order valence-electron chi connectivity index (χ2n) is 7.03. The molecule has 1 aliphatic heterocycles. The maximum absolute atomic E-state index is 13.4. The Bertz CT molecular complexity index is 1150. The Labute approximate surface area is 162 Å². The third-order valence-electron chi connectivity index (χ3n) is 5.40. The fourth-order valence-electron chi connectivity index (χ4n) is 4.09. The fourth-order valence-corrected chi connectivity index (χ4v) is 5.73. The van der Waals surface area contributed by atoms with Gasteiger partial charge in [0, 0.05) is 21.6 Å². The zero-order chi connectivity index (χ0) is 18.6. The number of nitrogens with zero attached hydrogens (tertiary/aromatic N) is 1. The predicted molar refractivity (Wildman–Crippen MR) is 106 cm³/mol. The van der Waals surface area contributed by atoms with Gasteiger partial charge in [-0.25, -0.2) is 8.42 Å². The highest BCUT2D eigenvalue weighted by atomic mass is 35.5. The van der Waals surface area contributed by atoms with Crippen molar-refractivity contribution in [2.45, 2.75) is 30.6 Å². The molecule has 0 radical (unpaired) electrons. The van der Waals surface area contributed by atoms with E-state index in [0.717, 1.165) is 30.2 Å². The lowest BCUT2D eigenvalue weighted by Gasteiger charge is -2.30. The summed E-state index contributed by atoms with van der Waals surface area (Å²) >= 11 is 6.10. The molecule has 5 rings (SSSR count). The van der Waals surface area contributed by atoms with Crippen LogP contribution in [0.25, 0.3) is 10.9 Å². The SMILES string of the molecule is O=S(=O)(c1ccc2[nH]c3c(c2c1)CCCC3)N1CCOc2ccc(Cl)cc21. The lowest BCUT2D eigenvalue weighted by molar-refractivity contribution is 0.316. The number of hydrogen-bond donors (Lipinski definition) is 1. The van der Waals surface area contributed by atoms with Crippen LogP contribution in [0, 0.1) is 0 Å². The minimum Gasteiger partial charge on any atom is -0.489 e. The van der Waals surface area contributed by atoms with Gasteiger partial charge < -0.3 is 9.72 Å². The first-order chi connectivity index (χ1) is 13.0. The van der Waals surface area contributed by atoms with Crippen LogP contribution in [0.1, 0.15) is 24.1 Å². The van der Waals surface area contributed by atoms with Crippen molar-refractivity contribution in [1.82, 2.24) is 4.98 Å². The molecule has 0 fully saturated rings. The molecule has 0 spiro atoms. The number of hydrogen-bond acceptors (Lipinski definition) is 3. The summed E-state index contributed by atoms with van der Waals surface area (Å²) < 4.78 is 33.8. The van der Waals surface area contributed by atoms with Gasteiger partial charge in [-0.15, -0.1) is 0 Å². The first-order valence-electron chi connectivity index (χ1n) is 9.12. The number of benzene rings is 2. The molecule has 0 atom stereocenters. The quantitative estimate of drug-likeness (QED) is 0.695. The van der Waals surface area contributed by atoms with Crippen molar-refractivity contribution in [3.8, 4) is 5.75 Å². The number of H-pyrrole nitrogens is 1. The summed E-state index contributed by atoms with van der Waals surface area (Å²) in [5.41, 5.74) is 4.00. The molecule has 0 unspecified atom stereocenters. The highest BCUT2D eigenvalue weighted by molar-refractivity contribution is 7.92. The summed E-state index contributed by atoms with van der Waals surface area (Å²) in [5.74, 6) is 0.536. The van der Waals surface area contributed by atoms with Crippen molar-refractivity contribution in [3.05, 3.63) is 52.7 Å². The van der Waals surface area contributed by atoms with Crippen molar-refractivity contribution in [2.75, 3.05) is 17.5 Å². The van der Waals surface area contributed by atoms with E-state index in [1.54, 1.807) is 24.3 Å². The van der Waals surface area contributed by atoms with Gasteiger partial charge in [-0.1, -0.05) is 11.6 Å². The first-order valence-corrected chi connectivity index (χ1v) is 10.9. The maximum Gasteiger partial charge on any atom is 0.264 e. The third kappa shape index (κ3) is 2.70. The van der Waals surface area contributed by atoms with Gasteiger partial charge in [-0.3, -0.25) is 4.31 Å². The molecule has 5 nitrogen and oxygen atoms in total. The number of aromatic nitrogens is 1. The zero-order valence-corrected chi connectivity index (χ0v) is 16.2. The Morgan fingerprint density at radius 3 is 2.81 bits per heavy atom. The molecule has 1 aromatic heterocycles. The molecular formula is C20H19ClN2O3S. The molecule has 1 aliphatic carbocycles. The summed E-state index contributed by atoms with van der Waals surface area (Å²) in [6, 6.07) is 10.4. The zero-order valence-electron chi connectivity index (χ0n) is 14.7. The van der Waals surface area contributed by atoms with Gasteiger partial charge in [0.2, 0.25) is 0 Å². The average Bonchev–Trinajstić information content (AvgIpc) is 3.05. The van der Waals surface area contributed by atoms with Crippen LogP contribution in [0.15, 0.2) is 41.3 Å². The Hall–Kier alpha value is -2.18. The molecule has 3 aromatic rings. The Morgan fingerprint density at radius 2 is 1.93 bits per heavy atom. The topological polar surface area (TPSA) is 62.4 Å². The number of aromatic amines is 1. The summed E-state index contributed by atoms with van der Waals surface area (Å²) in [7, 11) is -3.71. The fraction of sp³-hybridized carbons (Fsp3) is 0.300. The van der Waals surface area contributed by atoms with E-state index in [-0.39, 0.29) is 6.54 Å². The molecule has 0 amide bonds. The first kappa shape index (κ1) is 17.0. The number of sulfonamides is 1. The summed E-state index contributed by atoms with van der Waals surface area (Å²) in [5, 5.41) is 1.50. The van der Waals surface area contributed by atoms with Crippen molar-refractivity contribution in [2.24, 2.45) is 0 Å². The van der Waals surface area contributed by atoms with Gasteiger partial charge in [0.15, 0.2) is 0 Å². The van der Waals surface area contributed by atoms with Crippen LogP contribution in [0.4, 0.5) is 5.69 Å². The van der Waals surface area contributed by atoms with E-state index >= 15 is 0 Å². The lowest BCUT2D eigenvalue weighted by Crippen LogP contribution is -2.37. The van der Waals surface area contributed by atoms with Gasteiger partial charge in [-0.05, 0) is 67.6 Å². The molecule has 27 heavy (non-hydrogen) atoms. The van der Waals surface area contributed by atoms with Crippen LogP contribution in [0.3, 0.4) is 0 Å². The monoisotopic (exact) mass is 402 g/mol. The van der Waals surface area contributed by atoms with Crippen LogP contribution in [-0.2, 0) is 22.9 Å². The lowest BCUT2D eigenvalue weighted by atomic mass is 9.96. The third-order valence-corrected chi connectivity index (χ3v) is 7.44.